The zero-order valence-corrected chi connectivity index (χ0v) is 7.33. The second-order valence-corrected chi connectivity index (χ2v) is 2.80. The monoisotopic (exact) mass is 219 g/mol. The molecule has 7 heteroatoms. The molecule has 1 heterocycles. The van der Waals surface area contributed by atoms with Crippen LogP contribution in [0, 0.1) is 0 Å². The average molecular weight is 219 g/mol. The molecule has 0 bridgehead atoms. The summed E-state index contributed by atoms with van der Waals surface area (Å²) in [4.78, 5) is 22.9. The first-order valence-corrected chi connectivity index (χ1v) is 3.87. The minimum absolute atomic E-state index is 0.252. The van der Waals surface area contributed by atoms with Gasteiger partial charge in [-0.05, 0) is 6.07 Å². The molecule has 0 atom stereocenters. The van der Waals surface area contributed by atoms with E-state index < -0.39 is 35.8 Å². The smallest absolute Gasteiger partial charge is 0.308 e. The molecule has 3 N–H and O–H groups in total. The van der Waals surface area contributed by atoms with Crippen molar-refractivity contribution in [3.8, 4) is 5.88 Å². The van der Waals surface area contributed by atoms with E-state index in [1.165, 1.54) is 0 Å². The van der Waals surface area contributed by atoms with Gasteiger partial charge in [0.2, 0.25) is 0 Å². The van der Waals surface area contributed by atoms with E-state index in [9.17, 15) is 18.4 Å². The van der Waals surface area contributed by atoms with Crippen molar-refractivity contribution in [2.75, 3.05) is 0 Å². The van der Waals surface area contributed by atoms with Gasteiger partial charge in [0.1, 0.15) is 0 Å². The zero-order valence-electron chi connectivity index (χ0n) is 7.33. The molecular formula is C8H7F2NO4. The second kappa shape index (κ2) is 4.07. The maximum Gasteiger partial charge on any atom is 0.308 e. The van der Waals surface area contributed by atoms with Gasteiger partial charge in [-0.3, -0.25) is 14.6 Å². The number of halogens is 2. The van der Waals surface area contributed by atoms with Crippen molar-refractivity contribution in [2.24, 2.45) is 0 Å². The summed E-state index contributed by atoms with van der Waals surface area (Å²) >= 11 is 0. The molecule has 0 unspecified atom stereocenters. The lowest BCUT2D eigenvalue weighted by Gasteiger charge is -2.04. The van der Waals surface area contributed by atoms with E-state index in [1.807, 2.05) is 0 Å². The Kier molecular flexibility index (Phi) is 3.03. The highest BCUT2D eigenvalue weighted by atomic mass is 19.3. The molecule has 0 aliphatic carbocycles. The van der Waals surface area contributed by atoms with Crippen LogP contribution in [-0.4, -0.2) is 21.2 Å². The van der Waals surface area contributed by atoms with E-state index in [2.05, 4.69) is 0 Å². The van der Waals surface area contributed by atoms with Crippen molar-refractivity contribution in [3.05, 3.63) is 27.5 Å². The fourth-order valence-electron chi connectivity index (χ4n) is 1.04. The van der Waals surface area contributed by atoms with Gasteiger partial charge >= 0.3 is 5.97 Å². The third-order valence-electron chi connectivity index (χ3n) is 1.70. The van der Waals surface area contributed by atoms with Crippen LogP contribution in [0.15, 0.2) is 10.9 Å². The van der Waals surface area contributed by atoms with Crippen LogP contribution in [0.1, 0.15) is 17.6 Å². The number of H-pyrrole nitrogens is 1. The molecule has 1 aromatic rings. The van der Waals surface area contributed by atoms with E-state index in [4.69, 9.17) is 10.2 Å². The van der Waals surface area contributed by atoms with Crippen LogP contribution in [0.4, 0.5) is 8.78 Å². The highest BCUT2D eigenvalue weighted by Crippen LogP contribution is 2.20. The molecule has 0 radical (unpaired) electrons. The lowest BCUT2D eigenvalue weighted by molar-refractivity contribution is -0.136. The number of alkyl halides is 2. The zero-order chi connectivity index (χ0) is 11.6. The number of aliphatic carboxylic acids is 1. The van der Waals surface area contributed by atoms with Crippen molar-refractivity contribution in [1.82, 2.24) is 4.98 Å². The molecular weight excluding hydrogens is 212 g/mol. The third-order valence-corrected chi connectivity index (χ3v) is 1.70. The largest absolute Gasteiger partial charge is 0.494 e. The number of hydrogen-bond donors (Lipinski definition) is 3. The van der Waals surface area contributed by atoms with Gasteiger partial charge in [-0.1, -0.05) is 0 Å². The van der Waals surface area contributed by atoms with Gasteiger partial charge in [-0.15, -0.1) is 0 Å². The van der Waals surface area contributed by atoms with Gasteiger partial charge in [0, 0.05) is 5.56 Å². The topological polar surface area (TPSA) is 90.4 Å². The molecule has 0 aromatic carbocycles. The molecule has 0 aliphatic heterocycles. The Hall–Kier alpha value is -1.92. The molecule has 1 aromatic heterocycles. The lowest BCUT2D eigenvalue weighted by atomic mass is 10.1. The van der Waals surface area contributed by atoms with Crippen molar-refractivity contribution >= 4 is 5.97 Å². The Morgan fingerprint density at radius 3 is 2.60 bits per heavy atom. The number of aromatic amines is 1. The number of carbonyl (C=O) groups is 1. The highest BCUT2D eigenvalue weighted by molar-refractivity contribution is 5.71. The Balaban J connectivity index is 3.23. The Morgan fingerprint density at radius 2 is 2.13 bits per heavy atom. The quantitative estimate of drug-likeness (QED) is 0.695. The van der Waals surface area contributed by atoms with Gasteiger partial charge in [0.25, 0.3) is 12.0 Å². The number of pyridine rings is 1. The number of nitrogens with one attached hydrogen (secondary N) is 1. The van der Waals surface area contributed by atoms with E-state index in [0.29, 0.717) is 6.07 Å². The minimum atomic E-state index is -3.01. The summed E-state index contributed by atoms with van der Waals surface area (Å²) < 4.78 is 24.5. The minimum Gasteiger partial charge on any atom is -0.494 e. The number of aromatic hydroxyl groups is 1. The molecule has 0 fully saturated rings. The van der Waals surface area contributed by atoms with Crippen LogP contribution in [0.3, 0.4) is 0 Å². The molecule has 1 rings (SSSR count). The van der Waals surface area contributed by atoms with Gasteiger partial charge < -0.3 is 10.2 Å². The molecule has 5 nitrogen and oxygen atoms in total. The average Bonchev–Trinajstić information content (AvgIpc) is 2.08. The molecule has 0 saturated heterocycles. The highest BCUT2D eigenvalue weighted by Gasteiger charge is 2.16. The lowest BCUT2D eigenvalue weighted by Crippen LogP contribution is -2.15. The number of carboxylic acid groups (broad SMARTS) is 1. The van der Waals surface area contributed by atoms with Gasteiger partial charge in [0.05, 0.1) is 12.0 Å². The van der Waals surface area contributed by atoms with Crippen LogP contribution in [0.5, 0.6) is 5.88 Å². The summed E-state index contributed by atoms with van der Waals surface area (Å²) in [6.07, 6.45) is -3.65. The van der Waals surface area contributed by atoms with E-state index in [1.54, 1.807) is 4.98 Å². The maximum absolute atomic E-state index is 12.2. The Bertz CT molecular complexity index is 441. The predicted molar refractivity (Wildman–Crippen MR) is 45.0 cm³/mol. The molecule has 0 saturated carbocycles. The first kappa shape index (κ1) is 11.2. The number of rotatable bonds is 3. The molecule has 15 heavy (non-hydrogen) atoms. The van der Waals surface area contributed by atoms with Crippen molar-refractivity contribution in [2.45, 2.75) is 12.8 Å². The van der Waals surface area contributed by atoms with Gasteiger partial charge in [-0.2, -0.15) is 0 Å². The van der Waals surface area contributed by atoms with Crippen molar-refractivity contribution < 1.29 is 23.8 Å². The van der Waals surface area contributed by atoms with Crippen LogP contribution in [0.2, 0.25) is 0 Å². The Labute approximate surface area is 82.0 Å². The first-order chi connectivity index (χ1) is 6.91. The van der Waals surface area contributed by atoms with Crippen molar-refractivity contribution in [1.29, 1.82) is 0 Å². The molecule has 0 spiro atoms. The van der Waals surface area contributed by atoms with Crippen molar-refractivity contribution in [3.63, 3.8) is 0 Å². The van der Waals surface area contributed by atoms with E-state index in [-0.39, 0.29) is 5.56 Å². The SMILES string of the molecule is O=C(O)Cc1cc(C(F)F)c(=O)[nH]c1O. The Morgan fingerprint density at radius 1 is 1.53 bits per heavy atom. The van der Waals surface area contributed by atoms with Gasteiger partial charge in [-0.25, -0.2) is 8.78 Å². The summed E-state index contributed by atoms with van der Waals surface area (Å²) in [5.74, 6) is -2.00. The third kappa shape index (κ3) is 2.52. The predicted octanol–water partition coefficient (Wildman–Crippen LogP) is 0.645. The fourth-order valence-corrected chi connectivity index (χ4v) is 1.04. The van der Waals surface area contributed by atoms with Crippen LogP contribution in [0.25, 0.3) is 0 Å². The normalized spacial score (nSPS) is 10.6. The summed E-state index contributed by atoms with van der Waals surface area (Å²) in [6, 6.07) is 0.687. The van der Waals surface area contributed by atoms with E-state index in [0.717, 1.165) is 0 Å². The number of hydrogen-bond acceptors (Lipinski definition) is 3. The van der Waals surface area contributed by atoms with Crippen LogP contribution in [-0.2, 0) is 11.2 Å². The number of aromatic nitrogens is 1. The first-order valence-electron chi connectivity index (χ1n) is 3.87. The van der Waals surface area contributed by atoms with Crippen LogP contribution < -0.4 is 5.56 Å². The maximum atomic E-state index is 12.2. The van der Waals surface area contributed by atoms with Gasteiger partial charge in [0.15, 0.2) is 5.88 Å². The standard InChI is InChI=1S/C8H7F2NO4/c9-6(10)4-1-3(2-5(12)13)7(14)11-8(4)15/h1,6H,2H2,(H,12,13)(H2,11,14,15). The fraction of sp³-hybridized carbons (Fsp3) is 0.250. The molecule has 0 amide bonds. The van der Waals surface area contributed by atoms with Crippen LogP contribution >= 0.6 is 0 Å². The molecule has 0 aliphatic rings. The summed E-state index contributed by atoms with van der Waals surface area (Å²) in [6.45, 7) is 0. The number of carboxylic acids is 1. The molecule has 82 valence electrons. The summed E-state index contributed by atoms with van der Waals surface area (Å²) in [7, 11) is 0. The summed E-state index contributed by atoms with van der Waals surface area (Å²) in [5.41, 5.74) is -2.24. The second-order valence-electron chi connectivity index (χ2n) is 2.80. The summed E-state index contributed by atoms with van der Waals surface area (Å²) in [5, 5.41) is 17.5. The van der Waals surface area contributed by atoms with E-state index >= 15 is 0 Å².